The van der Waals surface area contributed by atoms with Crippen LogP contribution in [0.3, 0.4) is 0 Å². The summed E-state index contributed by atoms with van der Waals surface area (Å²) >= 11 is 0. The normalized spacial score (nSPS) is 11.4. The second-order valence-corrected chi connectivity index (χ2v) is 6.98. The van der Waals surface area contributed by atoms with Crippen molar-refractivity contribution in [2.75, 3.05) is 14.2 Å². The van der Waals surface area contributed by atoms with Crippen LogP contribution in [0.2, 0.25) is 0 Å². The van der Waals surface area contributed by atoms with Crippen LogP contribution in [0.25, 0.3) is 6.08 Å². The van der Waals surface area contributed by atoms with Gasteiger partial charge >= 0.3 is 6.18 Å². The van der Waals surface area contributed by atoms with Gasteiger partial charge in [-0.1, -0.05) is 24.3 Å². The second kappa shape index (κ2) is 10.1. The van der Waals surface area contributed by atoms with Crippen molar-refractivity contribution >= 4 is 11.9 Å². The topological polar surface area (TPSA) is 65.0 Å². The van der Waals surface area contributed by atoms with Gasteiger partial charge in [0.1, 0.15) is 6.61 Å². The summed E-state index contributed by atoms with van der Waals surface area (Å²) in [5.74, 6) is 0.545. The van der Waals surface area contributed by atoms with Crippen molar-refractivity contribution in [1.29, 1.82) is 0 Å². The third-order valence-corrected chi connectivity index (χ3v) is 4.73. The molecule has 3 aromatic rings. The van der Waals surface area contributed by atoms with Crippen LogP contribution < -0.4 is 14.2 Å². The molecule has 0 spiro atoms. The lowest BCUT2D eigenvalue weighted by molar-refractivity contribution is -0.137. The number of allylic oxidation sites excluding steroid dienone is 1. The molecule has 3 rings (SSSR count). The van der Waals surface area contributed by atoms with Gasteiger partial charge in [-0.3, -0.25) is 4.79 Å². The summed E-state index contributed by atoms with van der Waals surface area (Å²) in [5.41, 5.74) is 0.615. The Kier molecular flexibility index (Phi) is 7.27. The van der Waals surface area contributed by atoms with Crippen LogP contribution in [0, 0.1) is 0 Å². The van der Waals surface area contributed by atoms with Crippen molar-refractivity contribution < 1.29 is 37.3 Å². The third-order valence-electron chi connectivity index (χ3n) is 4.73. The maximum Gasteiger partial charge on any atom is 0.416 e. The van der Waals surface area contributed by atoms with E-state index in [2.05, 4.69) is 0 Å². The first-order valence-electron chi connectivity index (χ1n) is 9.77. The fourth-order valence-corrected chi connectivity index (χ4v) is 3.00. The third kappa shape index (κ3) is 6.06. The molecule has 33 heavy (non-hydrogen) atoms. The van der Waals surface area contributed by atoms with Gasteiger partial charge < -0.3 is 19.3 Å². The highest BCUT2D eigenvalue weighted by atomic mass is 19.4. The number of benzene rings is 3. The number of methoxy groups -OCH3 is 2. The van der Waals surface area contributed by atoms with Crippen LogP contribution in [0.5, 0.6) is 23.0 Å². The van der Waals surface area contributed by atoms with Gasteiger partial charge in [0.05, 0.1) is 19.8 Å². The maximum atomic E-state index is 12.9. The molecular weight excluding hydrogens is 437 g/mol. The molecule has 0 heterocycles. The number of phenolic OH excluding ortho intramolecular Hbond substituents is 1. The van der Waals surface area contributed by atoms with E-state index in [-0.39, 0.29) is 23.9 Å². The van der Waals surface area contributed by atoms with Gasteiger partial charge in [0.25, 0.3) is 0 Å². The summed E-state index contributed by atoms with van der Waals surface area (Å²) in [7, 11) is 2.83. The first-order valence-corrected chi connectivity index (χ1v) is 9.77. The summed E-state index contributed by atoms with van der Waals surface area (Å²) in [6.07, 6.45) is -1.48. The van der Waals surface area contributed by atoms with Crippen molar-refractivity contribution in [3.05, 3.63) is 89.0 Å². The quantitative estimate of drug-likeness (QED) is 0.336. The Labute approximate surface area is 188 Å². The Hall–Kier alpha value is -3.94. The highest BCUT2D eigenvalue weighted by molar-refractivity contribution is 6.07. The van der Waals surface area contributed by atoms with E-state index in [9.17, 15) is 23.1 Å². The Morgan fingerprint density at radius 1 is 0.939 bits per heavy atom. The van der Waals surface area contributed by atoms with Crippen molar-refractivity contribution in [2.45, 2.75) is 12.8 Å². The lowest BCUT2D eigenvalue weighted by Gasteiger charge is -2.13. The van der Waals surface area contributed by atoms with Gasteiger partial charge in [-0.25, -0.2) is 0 Å². The number of rotatable bonds is 8. The number of ketones is 1. The predicted octanol–water partition coefficient (Wildman–Crippen LogP) is 5.90. The smallest absolute Gasteiger partial charge is 0.416 e. The number of phenols is 1. The predicted molar refractivity (Wildman–Crippen MR) is 117 cm³/mol. The van der Waals surface area contributed by atoms with Crippen molar-refractivity contribution in [3.63, 3.8) is 0 Å². The van der Waals surface area contributed by atoms with Gasteiger partial charge in [-0.15, -0.1) is 0 Å². The van der Waals surface area contributed by atoms with Crippen molar-refractivity contribution in [2.24, 2.45) is 0 Å². The number of carbonyl (C=O) groups is 1. The Bertz CT molecular complexity index is 1170. The Balaban J connectivity index is 1.71. The van der Waals surface area contributed by atoms with E-state index in [0.717, 1.165) is 12.1 Å². The molecule has 0 aliphatic carbocycles. The van der Waals surface area contributed by atoms with Crippen LogP contribution in [0.1, 0.15) is 27.0 Å². The number of alkyl halides is 3. The van der Waals surface area contributed by atoms with E-state index in [4.69, 9.17) is 14.2 Å². The molecule has 0 radical (unpaired) electrons. The molecule has 5 nitrogen and oxygen atoms in total. The molecular formula is C25H21F3O5. The molecule has 0 atom stereocenters. The Morgan fingerprint density at radius 2 is 1.70 bits per heavy atom. The van der Waals surface area contributed by atoms with Crippen molar-refractivity contribution in [3.8, 4) is 23.0 Å². The minimum Gasteiger partial charge on any atom is -0.504 e. The van der Waals surface area contributed by atoms with E-state index >= 15 is 0 Å². The van der Waals surface area contributed by atoms with Gasteiger partial charge in [0.2, 0.25) is 0 Å². The van der Waals surface area contributed by atoms with E-state index < -0.39 is 11.7 Å². The maximum absolute atomic E-state index is 12.9. The molecule has 0 saturated heterocycles. The molecule has 3 aromatic carbocycles. The first kappa shape index (κ1) is 23.7. The summed E-state index contributed by atoms with van der Waals surface area (Å²) in [6.45, 7) is -0.0728. The van der Waals surface area contributed by atoms with Crippen molar-refractivity contribution in [1.82, 2.24) is 0 Å². The first-order chi connectivity index (χ1) is 15.7. The largest absolute Gasteiger partial charge is 0.504 e. The second-order valence-electron chi connectivity index (χ2n) is 6.98. The number of carbonyl (C=O) groups excluding carboxylic acids is 1. The minimum atomic E-state index is -4.43. The zero-order chi connectivity index (χ0) is 24.0. The number of halogens is 3. The summed E-state index contributed by atoms with van der Waals surface area (Å²) in [4.78, 5) is 12.4. The van der Waals surface area contributed by atoms with Gasteiger partial charge in [0.15, 0.2) is 28.8 Å². The number of ether oxygens (including phenoxy) is 3. The fraction of sp³-hybridized carbons (Fsp3) is 0.160. The highest BCUT2D eigenvalue weighted by Crippen LogP contribution is 2.32. The summed E-state index contributed by atoms with van der Waals surface area (Å²) in [5, 5.41) is 9.64. The average molecular weight is 458 g/mol. The zero-order valence-electron chi connectivity index (χ0n) is 17.8. The minimum absolute atomic E-state index is 0.0662. The molecule has 0 aliphatic heterocycles. The summed E-state index contributed by atoms with van der Waals surface area (Å²) in [6, 6.07) is 14.1. The molecule has 0 amide bonds. The SMILES string of the molecule is COc1cc(C(=O)/C=C/c2ccc(OCc3cccc(C(F)(F)F)c3)c(OC)c2)ccc1O. The molecule has 0 bridgehead atoms. The molecule has 1 N–H and O–H groups in total. The standard InChI is InChI=1S/C25H21F3O5/c1-31-23-14-18(8-10-21(23)30)20(29)9-6-16-7-11-22(24(13-16)32-2)33-15-17-4-3-5-19(12-17)25(26,27)28/h3-14,30H,15H2,1-2H3/b9-6+. The highest BCUT2D eigenvalue weighted by Gasteiger charge is 2.30. The number of hydrogen-bond donors (Lipinski definition) is 1. The van der Waals surface area contributed by atoms with Crippen LogP contribution in [-0.2, 0) is 12.8 Å². The molecule has 172 valence electrons. The van der Waals surface area contributed by atoms with E-state index in [1.165, 1.54) is 44.6 Å². The summed E-state index contributed by atoms with van der Waals surface area (Å²) < 4.78 is 54.6. The van der Waals surface area contributed by atoms with Gasteiger partial charge in [-0.2, -0.15) is 13.2 Å². The molecule has 0 unspecified atom stereocenters. The lowest BCUT2D eigenvalue weighted by Crippen LogP contribution is -2.06. The molecule has 0 aromatic heterocycles. The van der Waals surface area contributed by atoms with Crippen LogP contribution in [0.15, 0.2) is 66.7 Å². The van der Waals surface area contributed by atoms with Crippen LogP contribution >= 0.6 is 0 Å². The monoisotopic (exact) mass is 458 g/mol. The average Bonchev–Trinajstić information content (AvgIpc) is 2.81. The molecule has 0 saturated carbocycles. The van der Waals surface area contributed by atoms with Crippen LogP contribution in [0.4, 0.5) is 13.2 Å². The molecule has 8 heteroatoms. The zero-order valence-corrected chi connectivity index (χ0v) is 17.8. The van der Waals surface area contributed by atoms with Gasteiger partial charge in [0, 0.05) is 5.56 Å². The fourth-order valence-electron chi connectivity index (χ4n) is 3.00. The Morgan fingerprint density at radius 3 is 2.39 bits per heavy atom. The van der Waals surface area contributed by atoms with Crippen LogP contribution in [-0.4, -0.2) is 25.1 Å². The van der Waals surface area contributed by atoms with E-state index in [0.29, 0.717) is 28.2 Å². The number of aromatic hydroxyl groups is 1. The van der Waals surface area contributed by atoms with Gasteiger partial charge in [-0.05, 0) is 59.7 Å². The lowest BCUT2D eigenvalue weighted by atomic mass is 10.1. The molecule has 0 aliphatic rings. The van der Waals surface area contributed by atoms with E-state index in [1.807, 2.05) is 0 Å². The van der Waals surface area contributed by atoms with E-state index in [1.54, 1.807) is 30.3 Å². The number of hydrogen-bond acceptors (Lipinski definition) is 5. The molecule has 0 fully saturated rings.